The number of aliphatic hydroxyl groups is 1. The lowest BCUT2D eigenvalue weighted by atomic mass is 10.1. The van der Waals surface area contributed by atoms with E-state index in [4.69, 9.17) is 0 Å². The van der Waals surface area contributed by atoms with E-state index >= 15 is 0 Å². The maximum absolute atomic E-state index is 11.1. The topological polar surface area (TPSA) is 71.0 Å². The zero-order valence-corrected chi connectivity index (χ0v) is 8.92. The first-order chi connectivity index (χ1) is 5.91. The van der Waals surface area contributed by atoms with E-state index in [-0.39, 0.29) is 17.5 Å². The lowest BCUT2D eigenvalue weighted by molar-refractivity contribution is -0.694. The average molecular weight is 208 g/mol. The average Bonchev–Trinajstić information content (AvgIpc) is 2.20. The Morgan fingerprint density at radius 3 is 2.46 bits per heavy atom. The van der Waals surface area contributed by atoms with E-state index in [9.17, 15) is 13.5 Å². The molecule has 1 aliphatic rings. The van der Waals surface area contributed by atoms with Gasteiger partial charge in [-0.15, -0.1) is 0 Å². The van der Waals surface area contributed by atoms with Crippen molar-refractivity contribution < 1.29 is 18.8 Å². The van der Waals surface area contributed by atoms with Crippen molar-refractivity contribution in [3.8, 4) is 0 Å². The summed E-state index contributed by atoms with van der Waals surface area (Å²) in [6.07, 6.45) is -0.677. The molecule has 78 valence electrons. The standard InChI is InChI=1S/C8H17NO3S/c1-6(2)3-9-7-4-13(11,12)5-8(7)10/h6-10H,3-5H2,1-2H3/p+1/t7-,8-/m1/s1. The van der Waals surface area contributed by atoms with Crippen LogP contribution in [0.3, 0.4) is 0 Å². The molecule has 1 saturated heterocycles. The van der Waals surface area contributed by atoms with Gasteiger partial charge in [-0.2, -0.15) is 0 Å². The Balaban J connectivity index is 2.44. The van der Waals surface area contributed by atoms with Crippen molar-refractivity contribution in [1.29, 1.82) is 0 Å². The third kappa shape index (κ3) is 3.25. The molecule has 0 aromatic rings. The van der Waals surface area contributed by atoms with Crippen molar-refractivity contribution in [2.24, 2.45) is 5.92 Å². The fourth-order valence-corrected chi connectivity index (χ4v) is 3.38. The van der Waals surface area contributed by atoms with Crippen molar-refractivity contribution in [1.82, 2.24) is 0 Å². The Kier molecular flexibility index (Phi) is 3.32. The van der Waals surface area contributed by atoms with Gasteiger partial charge < -0.3 is 10.4 Å². The van der Waals surface area contributed by atoms with Crippen LogP contribution in [-0.2, 0) is 9.84 Å². The minimum atomic E-state index is -2.97. The molecule has 0 bridgehead atoms. The van der Waals surface area contributed by atoms with Gasteiger partial charge in [0.25, 0.3) is 0 Å². The molecule has 1 heterocycles. The number of rotatable bonds is 3. The van der Waals surface area contributed by atoms with Crippen LogP contribution in [-0.4, -0.2) is 43.7 Å². The molecule has 0 aromatic carbocycles. The Labute approximate surface area is 79.3 Å². The van der Waals surface area contributed by atoms with E-state index in [2.05, 4.69) is 13.8 Å². The van der Waals surface area contributed by atoms with Crippen LogP contribution < -0.4 is 5.32 Å². The van der Waals surface area contributed by atoms with Gasteiger partial charge in [0.15, 0.2) is 9.84 Å². The van der Waals surface area contributed by atoms with Crippen LogP contribution in [0.15, 0.2) is 0 Å². The summed E-state index contributed by atoms with van der Waals surface area (Å²) in [6, 6.07) is -0.146. The van der Waals surface area contributed by atoms with Crippen LogP contribution in [0.5, 0.6) is 0 Å². The second-order valence-corrected chi connectivity index (χ2v) is 6.33. The highest BCUT2D eigenvalue weighted by Gasteiger charge is 2.38. The summed E-state index contributed by atoms with van der Waals surface area (Å²) in [4.78, 5) is 0. The molecule has 3 N–H and O–H groups in total. The normalized spacial score (nSPS) is 32.6. The van der Waals surface area contributed by atoms with E-state index in [0.29, 0.717) is 5.92 Å². The van der Waals surface area contributed by atoms with E-state index < -0.39 is 15.9 Å². The van der Waals surface area contributed by atoms with Crippen molar-refractivity contribution in [2.75, 3.05) is 18.1 Å². The van der Waals surface area contributed by atoms with Gasteiger partial charge in [0, 0.05) is 5.92 Å². The third-order valence-corrected chi connectivity index (χ3v) is 4.02. The van der Waals surface area contributed by atoms with Gasteiger partial charge in [0.2, 0.25) is 0 Å². The smallest absolute Gasteiger partial charge is 0.159 e. The summed E-state index contributed by atoms with van der Waals surface area (Å²) in [5.74, 6) is 0.586. The second-order valence-electron chi connectivity index (χ2n) is 4.17. The predicted molar refractivity (Wildman–Crippen MR) is 50.1 cm³/mol. The molecule has 0 spiro atoms. The highest BCUT2D eigenvalue weighted by Crippen LogP contribution is 2.09. The van der Waals surface area contributed by atoms with Crippen molar-refractivity contribution in [2.45, 2.75) is 26.0 Å². The minimum Gasteiger partial charge on any atom is -0.386 e. The van der Waals surface area contributed by atoms with E-state index in [0.717, 1.165) is 6.54 Å². The number of quaternary nitrogens is 1. The molecular formula is C8H18NO3S+. The zero-order chi connectivity index (χ0) is 10.1. The van der Waals surface area contributed by atoms with E-state index in [1.54, 1.807) is 0 Å². The summed E-state index contributed by atoms with van der Waals surface area (Å²) in [6.45, 7) is 5.02. The van der Waals surface area contributed by atoms with Crippen molar-refractivity contribution in [3.05, 3.63) is 0 Å². The van der Waals surface area contributed by atoms with Gasteiger partial charge in [-0.3, -0.25) is 0 Å². The van der Waals surface area contributed by atoms with Crippen LogP contribution in [0.2, 0.25) is 0 Å². The lowest BCUT2D eigenvalue weighted by Gasteiger charge is -2.12. The number of nitrogens with two attached hydrogens (primary N) is 1. The van der Waals surface area contributed by atoms with Crippen LogP contribution in [0.4, 0.5) is 0 Å². The molecule has 0 saturated carbocycles. The highest BCUT2D eigenvalue weighted by molar-refractivity contribution is 7.91. The molecular weight excluding hydrogens is 190 g/mol. The van der Waals surface area contributed by atoms with Gasteiger partial charge in [0.1, 0.15) is 17.9 Å². The molecule has 1 aliphatic heterocycles. The van der Waals surface area contributed by atoms with E-state index in [1.807, 2.05) is 5.32 Å². The maximum atomic E-state index is 11.1. The summed E-state index contributed by atoms with van der Waals surface area (Å²) in [5.41, 5.74) is 0. The Morgan fingerprint density at radius 1 is 1.46 bits per heavy atom. The molecule has 0 aromatic heterocycles. The zero-order valence-electron chi connectivity index (χ0n) is 8.10. The number of hydrogen-bond acceptors (Lipinski definition) is 3. The molecule has 13 heavy (non-hydrogen) atoms. The van der Waals surface area contributed by atoms with Crippen molar-refractivity contribution in [3.63, 3.8) is 0 Å². The monoisotopic (exact) mass is 208 g/mol. The fraction of sp³-hybridized carbons (Fsp3) is 1.00. The highest BCUT2D eigenvalue weighted by atomic mass is 32.2. The Hall–Kier alpha value is -0.130. The molecule has 0 unspecified atom stereocenters. The van der Waals surface area contributed by atoms with Gasteiger partial charge in [-0.25, -0.2) is 8.42 Å². The largest absolute Gasteiger partial charge is 0.386 e. The summed E-state index contributed by atoms with van der Waals surface area (Å²) < 4.78 is 22.2. The van der Waals surface area contributed by atoms with Crippen LogP contribution in [0.1, 0.15) is 13.8 Å². The van der Waals surface area contributed by atoms with Gasteiger partial charge in [-0.05, 0) is 0 Å². The van der Waals surface area contributed by atoms with E-state index in [1.165, 1.54) is 0 Å². The van der Waals surface area contributed by atoms with Gasteiger partial charge in [0.05, 0.1) is 12.3 Å². The first kappa shape index (κ1) is 10.9. The summed E-state index contributed by atoms with van der Waals surface area (Å²) >= 11 is 0. The Morgan fingerprint density at radius 2 is 2.08 bits per heavy atom. The SMILES string of the molecule is CC(C)C[NH2+][C@@H]1CS(=O)(=O)C[C@H]1O. The summed E-state index contributed by atoms with van der Waals surface area (Å²) in [7, 11) is -2.97. The first-order valence-corrected chi connectivity index (χ1v) is 6.44. The molecule has 2 atom stereocenters. The third-order valence-electron chi connectivity index (χ3n) is 2.28. The van der Waals surface area contributed by atoms with Crippen LogP contribution in [0, 0.1) is 5.92 Å². The summed E-state index contributed by atoms with van der Waals surface area (Å²) in [5, 5.41) is 11.4. The molecule has 1 fully saturated rings. The second kappa shape index (κ2) is 3.94. The predicted octanol–water partition coefficient (Wildman–Crippen LogP) is -1.64. The fourth-order valence-electron chi connectivity index (χ4n) is 1.53. The number of sulfone groups is 1. The van der Waals surface area contributed by atoms with Crippen molar-refractivity contribution >= 4 is 9.84 Å². The first-order valence-electron chi connectivity index (χ1n) is 4.62. The van der Waals surface area contributed by atoms with Crippen LogP contribution >= 0.6 is 0 Å². The lowest BCUT2D eigenvalue weighted by Crippen LogP contribution is -2.93. The quantitative estimate of drug-likeness (QED) is 0.584. The molecule has 5 heteroatoms. The van der Waals surface area contributed by atoms with Crippen LogP contribution in [0.25, 0.3) is 0 Å². The molecule has 0 radical (unpaired) electrons. The number of hydrogen-bond donors (Lipinski definition) is 2. The van der Waals surface area contributed by atoms with Gasteiger partial charge >= 0.3 is 0 Å². The Bertz CT molecular complexity index is 261. The molecule has 0 amide bonds. The molecule has 1 rings (SSSR count). The molecule has 4 nitrogen and oxygen atoms in total. The van der Waals surface area contributed by atoms with Gasteiger partial charge in [-0.1, -0.05) is 13.8 Å². The maximum Gasteiger partial charge on any atom is 0.159 e. The minimum absolute atomic E-state index is 0.0632. The number of aliphatic hydroxyl groups excluding tert-OH is 1. The molecule has 0 aliphatic carbocycles.